The van der Waals surface area contributed by atoms with E-state index in [0.29, 0.717) is 11.6 Å². The first-order valence-electron chi connectivity index (χ1n) is 4.78. The van der Waals surface area contributed by atoms with Gasteiger partial charge in [0.1, 0.15) is 0 Å². The molecule has 14 heavy (non-hydrogen) atoms. The van der Waals surface area contributed by atoms with E-state index in [1.807, 2.05) is 10.8 Å². The molecule has 0 aromatic carbocycles. The molecule has 0 amide bonds. The molecule has 0 saturated carbocycles. The summed E-state index contributed by atoms with van der Waals surface area (Å²) in [6, 6.07) is 0.411. The largest absolute Gasteiger partial charge is 0.334 e. The van der Waals surface area contributed by atoms with Crippen molar-refractivity contribution >= 4 is 0 Å². The van der Waals surface area contributed by atoms with Gasteiger partial charge < -0.3 is 15.6 Å². The molecule has 1 atom stereocenters. The molecule has 2 rings (SSSR count). The molecule has 5 nitrogen and oxygen atoms in total. The Morgan fingerprint density at radius 2 is 2.57 bits per heavy atom. The van der Waals surface area contributed by atoms with Crippen LogP contribution in [0.2, 0.25) is 0 Å². The minimum atomic E-state index is -0.213. The average molecular weight is 194 g/mol. The second kappa shape index (κ2) is 3.89. The number of nitrogens with zero attached hydrogens (tertiary/aromatic N) is 2. The molecule has 5 heteroatoms. The predicted molar refractivity (Wildman–Crippen MR) is 52.9 cm³/mol. The molecule has 3 N–H and O–H groups in total. The first-order chi connectivity index (χ1) is 6.81. The van der Waals surface area contributed by atoms with Gasteiger partial charge in [0.25, 0.3) is 5.56 Å². The average Bonchev–Trinajstić information content (AvgIpc) is 2.71. The molecule has 1 fully saturated rings. The Morgan fingerprint density at radius 3 is 3.21 bits per heavy atom. The van der Waals surface area contributed by atoms with Crippen LogP contribution in [0.3, 0.4) is 0 Å². The third-order valence-electron chi connectivity index (χ3n) is 2.56. The van der Waals surface area contributed by atoms with Crippen LogP contribution in [0.1, 0.15) is 18.0 Å². The molecule has 0 radical (unpaired) electrons. The molecule has 76 valence electrons. The summed E-state index contributed by atoms with van der Waals surface area (Å²) in [6.45, 7) is 2.22. The standard InChI is InChI=1S/C9H14N4O/c10-3-7-5-13(6-12-9(7)14)8-1-2-11-4-8/h5-6,8,11H,1-4,10H2. The van der Waals surface area contributed by atoms with Crippen LogP contribution < -0.4 is 16.6 Å². The Bertz CT molecular complexity index is 367. The minimum absolute atomic E-state index is 0.213. The summed E-state index contributed by atoms with van der Waals surface area (Å²) in [5.74, 6) is 0. The molecule has 1 unspecified atom stereocenters. The molecule has 0 spiro atoms. The van der Waals surface area contributed by atoms with Crippen molar-refractivity contribution in [2.75, 3.05) is 13.1 Å². The van der Waals surface area contributed by atoms with Crippen LogP contribution in [0.15, 0.2) is 17.3 Å². The Hall–Kier alpha value is -1.20. The van der Waals surface area contributed by atoms with E-state index in [9.17, 15) is 4.79 Å². The van der Waals surface area contributed by atoms with Gasteiger partial charge in [-0.2, -0.15) is 4.98 Å². The van der Waals surface area contributed by atoms with Crippen molar-refractivity contribution in [1.82, 2.24) is 14.9 Å². The first-order valence-corrected chi connectivity index (χ1v) is 4.78. The summed E-state index contributed by atoms with van der Waals surface area (Å²) in [6.07, 6.45) is 4.49. The van der Waals surface area contributed by atoms with Crippen LogP contribution in [0, 0.1) is 0 Å². The van der Waals surface area contributed by atoms with Gasteiger partial charge in [0, 0.05) is 30.9 Å². The van der Waals surface area contributed by atoms with Gasteiger partial charge in [0.2, 0.25) is 0 Å². The highest BCUT2D eigenvalue weighted by Gasteiger charge is 2.15. The molecule has 1 aliphatic rings. The minimum Gasteiger partial charge on any atom is -0.334 e. The van der Waals surface area contributed by atoms with Crippen LogP contribution in [0.25, 0.3) is 0 Å². The monoisotopic (exact) mass is 194 g/mol. The third-order valence-corrected chi connectivity index (χ3v) is 2.56. The fraction of sp³-hybridized carbons (Fsp3) is 0.556. The maximum atomic E-state index is 11.2. The van der Waals surface area contributed by atoms with Gasteiger partial charge in [-0.15, -0.1) is 0 Å². The van der Waals surface area contributed by atoms with Gasteiger partial charge in [-0.05, 0) is 13.0 Å². The van der Waals surface area contributed by atoms with Crippen molar-refractivity contribution in [1.29, 1.82) is 0 Å². The molecule has 0 bridgehead atoms. The van der Waals surface area contributed by atoms with E-state index in [2.05, 4.69) is 10.3 Å². The number of aromatic nitrogens is 2. The van der Waals surface area contributed by atoms with Crippen LogP contribution in [0.4, 0.5) is 0 Å². The highest BCUT2D eigenvalue weighted by molar-refractivity contribution is 5.04. The summed E-state index contributed by atoms with van der Waals surface area (Å²) in [7, 11) is 0. The second-order valence-corrected chi connectivity index (χ2v) is 3.50. The van der Waals surface area contributed by atoms with Crippen molar-refractivity contribution < 1.29 is 0 Å². The summed E-state index contributed by atoms with van der Waals surface area (Å²) in [4.78, 5) is 15.0. The fourth-order valence-corrected chi connectivity index (χ4v) is 1.70. The number of nitrogens with two attached hydrogens (primary N) is 1. The molecular weight excluding hydrogens is 180 g/mol. The van der Waals surface area contributed by atoms with Gasteiger partial charge in [0.05, 0.1) is 6.33 Å². The van der Waals surface area contributed by atoms with E-state index in [4.69, 9.17) is 5.73 Å². The van der Waals surface area contributed by atoms with Gasteiger partial charge in [-0.1, -0.05) is 0 Å². The number of nitrogens with one attached hydrogen (secondary N) is 1. The van der Waals surface area contributed by atoms with E-state index in [0.717, 1.165) is 19.5 Å². The highest BCUT2D eigenvalue weighted by atomic mass is 16.1. The van der Waals surface area contributed by atoms with Crippen molar-refractivity contribution in [3.63, 3.8) is 0 Å². The topological polar surface area (TPSA) is 72.9 Å². The second-order valence-electron chi connectivity index (χ2n) is 3.50. The predicted octanol–water partition coefficient (Wildman–Crippen LogP) is -0.764. The Balaban J connectivity index is 2.30. The lowest BCUT2D eigenvalue weighted by molar-refractivity contribution is 0.530. The lowest BCUT2D eigenvalue weighted by atomic mass is 10.2. The fourth-order valence-electron chi connectivity index (χ4n) is 1.70. The van der Waals surface area contributed by atoms with Crippen LogP contribution >= 0.6 is 0 Å². The summed E-state index contributed by atoms with van der Waals surface area (Å²) in [5, 5.41) is 3.26. The lowest BCUT2D eigenvalue weighted by Gasteiger charge is -2.13. The molecule has 0 aliphatic carbocycles. The maximum Gasteiger partial charge on any atom is 0.277 e. The van der Waals surface area contributed by atoms with Crippen LogP contribution in [-0.2, 0) is 6.54 Å². The molecule has 1 aromatic heterocycles. The van der Waals surface area contributed by atoms with E-state index in [-0.39, 0.29) is 12.1 Å². The van der Waals surface area contributed by atoms with E-state index in [1.54, 1.807) is 6.33 Å². The summed E-state index contributed by atoms with van der Waals surface area (Å²) >= 11 is 0. The zero-order valence-electron chi connectivity index (χ0n) is 7.94. The lowest BCUT2D eigenvalue weighted by Crippen LogP contribution is -2.22. The van der Waals surface area contributed by atoms with Crippen LogP contribution in [0.5, 0.6) is 0 Å². The quantitative estimate of drug-likeness (QED) is 0.649. The summed E-state index contributed by atoms with van der Waals surface area (Å²) < 4.78 is 1.98. The van der Waals surface area contributed by atoms with Crippen molar-refractivity contribution in [2.45, 2.75) is 19.0 Å². The van der Waals surface area contributed by atoms with Crippen LogP contribution in [-0.4, -0.2) is 22.6 Å². The number of hydrogen-bond acceptors (Lipinski definition) is 4. The molecule has 2 heterocycles. The van der Waals surface area contributed by atoms with E-state index < -0.39 is 0 Å². The first kappa shape index (κ1) is 9.36. The van der Waals surface area contributed by atoms with Gasteiger partial charge in [-0.3, -0.25) is 4.79 Å². The van der Waals surface area contributed by atoms with Crippen molar-refractivity contribution in [2.24, 2.45) is 5.73 Å². The van der Waals surface area contributed by atoms with Gasteiger partial charge in [-0.25, -0.2) is 0 Å². The van der Waals surface area contributed by atoms with Crippen molar-refractivity contribution in [3.05, 3.63) is 28.4 Å². The Morgan fingerprint density at radius 1 is 1.71 bits per heavy atom. The zero-order valence-corrected chi connectivity index (χ0v) is 7.94. The Kier molecular flexibility index (Phi) is 2.60. The molecule has 1 aliphatic heterocycles. The van der Waals surface area contributed by atoms with E-state index >= 15 is 0 Å². The Labute approximate surface area is 82.0 Å². The zero-order chi connectivity index (χ0) is 9.97. The van der Waals surface area contributed by atoms with E-state index in [1.165, 1.54) is 0 Å². The maximum absolute atomic E-state index is 11.2. The van der Waals surface area contributed by atoms with Gasteiger partial charge >= 0.3 is 0 Å². The third kappa shape index (κ3) is 1.69. The normalized spacial score (nSPS) is 21.4. The molecular formula is C9H14N4O. The number of rotatable bonds is 2. The summed E-state index contributed by atoms with van der Waals surface area (Å²) in [5.41, 5.74) is 5.82. The smallest absolute Gasteiger partial charge is 0.277 e. The highest BCUT2D eigenvalue weighted by Crippen LogP contribution is 2.13. The molecule has 1 aromatic rings. The molecule has 1 saturated heterocycles. The van der Waals surface area contributed by atoms with Gasteiger partial charge in [0.15, 0.2) is 0 Å². The number of hydrogen-bond donors (Lipinski definition) is 2. The van der Waals surface area contributed by atoms with Crippen molar-refractivity contribution in [3.8, 4) is 0 Å². The SMILES string of the molecule is NCc1cn(C2CCNC2)cnc1=O.